The first-order valence-electron chi connectivity index (χ1n) is 7.68. The van der Waals surface area contributed by atoms with Gasteiger partial charge in [-0.05, 0) is 31.0 Å². The van der Waals surface area contributed by atoms with Crippen LogP contribution in [0.4, 0.5) is 18.9 Å². The van der Waals surface area contributed by atoms with Crippen molar-refractivity contribution in [1.29, 1.82) is 0 Å². The van der Waals surface area contributed by atoms with Crippen molar-refractivity contribution in [2.24, 2.45) is 7.05 Å². The molecule has 1 amide bonds. The lowest BCUT2D eigenvalue weighted by atomic mass is 9.76. The Hall–Kier alpha value is -1.71. The Labute approximate surface area is 157 Å². The largest absolute Gasteiger partial charge is 0.343 e. The van der Waals surface area contributed by atoms with Gasteiger partial charge < -0.3 is 9.88 Å². The predicted molar refractivity (Wildman–Crippen MR) is 94.1 cm³/mol. The summed E-state index contributed by atoms with van der Waals surface area (Å²) in [6.45, 7) is 1.65. The van der Waals surface area contributed by atoms with Gasteiger partial charge in [0.2, 0.25) is 0 Å². The van der Waals surface area contributed by atoms with Gasteiger partial charge in [0.25, 0.3) is 11.8 Å². The maximum Gasteiger partial charge on any atom is 0.275 e. The molecule has 0 bridgehead atoms. The van der Waals surface area contributed by atoms with Crippen molar-refractivity contribution < 1.29 is 18.0 Å². The van der Waals surface area contributed by atoms with Crippen LogP contribution in [-0.4, -0.2) is 26.9 Å². The summed E-state index contributed by atoms with van der Waals surface area (Å²) in [5.74, 6) is -4.06. The van der Waals surface area contributed by atoms with E-state index in [4.69, 9.17) is 11.6 Å². The van der Waals surface area contributed by atoms with Crippen LogP contribution in [-0.2, 0) is 7.05 Å². The van der Waals surface area contributed by atoms with Gasteiger partial charge in [-0.2, -0.15) is 0 Å². The number of carbonyl (C=O) groups excluding carboxylic acids is 1. The summed E-state index contributed by atoms with van der Waals surface area (Å²) in [5, 5.41) is 2.74. The van der Waals surface area contributed by atoms with Crippen LogP contribution >= 0.6 is 23.5 Å². The fraction of sp³-hybridized carbons (Fsp3) is 0.375. The van der Waals surface area contributed by atoms with Crippen molar-refractivity contribution in [1.82, 2.24) is 14.3 Å². The van der Waals surface area contributed by atoms with Crippen molar-refractivity contribution in [2.45, 2.75) is 36.1 Å². The number of carbonyl (C=O) groups is 1. The number of aryl methyl sites for hydroxylation is 1. The molecule has 3 rings (SSSR count). The van der Waals surface area contributed by atoms with Crippen molar-refractivity contribution in [3.8, 4) is 0 Å². The monoisotopic (exact) mass is 404 g/mol. The fourth-order valence-corrected chi connectivity index (χ4v) is 3.98. The Morgan fingerprint density at radius 2 is 2.12 bits per heavy atom. The summed E-state index contributed by atoms with van der Waals surface area (Å²) < 4.78 is 45.0. The average Bonchev–Trinajstić information content (AvgIpc) is 2.77. The Bertz CT molecular complexity index is 850. The third kappa shape index (κ3) is 3.99. The zero-order chi connectivity index (χ0) is 19.1. The number of hydrogen-bond acceptors (Lipinski definition) is 4. The molecular weight excluding hydrogens is 389 g/mol. The van der Waals surface area contributed by atoms with Crippen LogP contribution in [0, 0.1) is 5.82 Å². The molecule has 2 heterocycles. The van der Waals surface area contributed by atoms with Gasteiger partial charge in [0, 0.05) is 43.5 Å². The summed E-state index contributed by atoms with van der Waals surface area (Å²) >= 11 is 6.66. The zero-order valence-electron chi connectivity index (χ0n) is 13.9. The van der Waals surface area contributed by atoms with E-state index in [1.54, 1.807) is 6.92 Å². The maximum atomic E-state index is 14.6. The normalized spacial score (nSPS) is 17.6. The molecule has 5 nitrogen and oxygen atoms in total. The minimum Gasteiger partial charge on any atom is -0.343 e. The molecule has 1 aliphatic rings. The van der Waals surface area contributed by atoms with E-state index in [9.17, 15) is 18.0 Å². The number of nitrogens with zero attached hydrogens (tertiary/aromatic N) is 2. The zero-order valence-corrected chi connectivity index (χ0v) is 15.5. The van der Waals surface area contributed by atoms with Crippen molar-refractivity contribution in [3.05, 3.63) is 41.2 Å². The van der Waals surface area contributed by atoms with Crippen LogP contribution in [0.2, 0.25) is 5.15 Å². The lowest BCUT2D eigenvalue weighted by Gasteiger charge is -2.44. The molecule has 10 heteroatoms. The number of nitrogens with one attached hydrogen (secondary N) is 2. The van der Waals surface area contributed by atoms with E-state index in [2.05, 4.69) is 15.0 Å². The first kappa shape index (κ1) is 19.1. The van der Waals surface area contributed by atoms with Crippen LogP contribution in [0.5, 0.6) is 0 Å². The van der Waals surface area contributed by atoms with Gasteiger partial charge in [-0.1, -0.05) is 11.6 Å². The second-order valence-corrected chi connectivity index (χ2v) is 7.80. The van der Waals surface area contributed by atoms with Gasteiger partial charge in [0.15, 0.2) is 5.82 Å². The second-order valence-electron chi connectivity index (χ2n) is 6.56. The molecule has 2 aromatic heterocycles. The second kappa shape index (κ2) is 6.79. The number of hydrogen-bond donors (Lipinski definition) is 2. The highest BCUT2D eigenvalue weighted by molar-refractivity contribution is 7.97. The molecule has 0 unspecified atom stereocenters. The van der Waals surface area contributed by atoms with E-state index in [1.165, 1.54) is 36.1 Å². The summed E-state index contributed by atoms with van der Waals surface area (Å²) in [5.41, 5.74) is -0.564. The Morgan fingerprint density at radius 3 is 2.73 bits per heavy atom. The number of amides is 1. The van der Waals surface area contributed by atoms with Crippen LogP contribution in [0.1, 0.15) is 30.3 Å². The minimum atomic E-state index is -2.69. The molecule has 1 fully saturated rings. The molecule has 2 N–H and O–H groups in total. The van der Waals surface area contributed by atoms with E-state index >= 15 is 0 Å². The standard InChI is InChI=1S/C16H16ClF3N4OS/c1-15(7-16(19,20)8-15)23-26-10-6-24(2)13(12(10)18)14(25)22-9-3-4-21-11(17)5-9/h3-6,23H,7-8H2,1-2H3,(H,21,22,25). The first-order valence-corrected chi connectivity index (χ1v) is 8.88. The highest BCUT2D eigenvalue weighted by atomic mass is 35.5. The van der Waals surface area contributed by atoms with Gasteiger partial charge in [0.05, 0.1) is 4.90 Å². The van der Waals surface area contributed by atoms with Crippen LogP contribution in [0.3, 0.4) is 0 Å². The molecule has 1 saturated carbocycles. The van der Waals surface area contributed by atoms with Crippen LogP contribution in [0.15, 0.2) is 29.4 Å². The Balaban J connectivity index is 1.70. The number of aromatic nitrogens is 2. The number of alkyl halides is 2. The third-order valence-corrected chi connectivity index (χ3v) is 5.30. The lowest BCUT2D eigenvalue weighted by Crippen LogP contribution is -2.56. The molecule has 0 saturated heterocycles. The molecule has 140 valence electrons. The summed E-state index contributed by atoms with van der Waals surface area (Å²) in [6.07, 6.45) is 2.23. The number of halogens is 4. The maximum absolute atomic E-state index is 14.6. The number of rotatable bonds is 5. The van der Waals surface area contributed by atoms with Crippen molar-refractivity contribution in [3.63, 3.8) is 0 Å². The molecule has 0 aromatic carbocycles. The van der Waals surface area contributed by atoms with Gasteiger partial charge in [0.1, 0.15) is 10.8 Å². The molecule has 0 aliphatic heterocycles. The average molecular weight is 405 g/mol. The minimum absolute atomic E-state index is 0.154. The van der Waals surface area contributed by atoms with E-state index in [-0.39, 0.29) is 28.6 Å². The number of pyridine rings is 1. The summed E-state index contributed by atoms with van der Waals surface area (Å²) in [6, 6.07) is 2.97. The molecule has 0 spiro atoms. The van der Waals surface area contributed by atoms with E-state index in [0.29, 0.717) is 5.69 Å². The van der Waals surface area contributed by atoms with E-state index < -0.39 is 23.2 Å². The fourth-order valence-electron chi connectivity index (χ4n) is 2.91. The SMILES string of the molecule is Cn1cc(SNC2(C)CC(F)(F)C2)c(F)c1C(=O)Nc1ccnc(Cl)c1. The van der Waals surface area contributed by atoms with E-state index in [1.807, 2.05) is 0 Å². The molecule has 0 atom stereocenters. The number of anilines is 1. The smallest absolute Gasteiger partial charge is 0.275 e. The lowest BCUT2D eigenvalue weighted by molar-refractivity contribution is -0.120. The topological polar surface area (TPSA) is 59.0 Å². The summed E-state index contributed by atoms with van der Waals surface area (Å²) in [7, 11) is 1.53. The van der Waals surface area contributed by atoms with Gasteiger partial charge in [-0.3, -0.25) is 9.52 Å². The Kier molecular flexibility index (Phi) is 4.98. The van der Waals surface area contributed by atoms with Gasteiger partial charge >= 0.3 is 0 Å². The quantitative estimate of drug-likeness (QED) is 0.577. The van der Waals surface area contributed by atoms with Crippen molar-refractivity contribution >= 4 is 35.1 Å². The van der Waals surface area contributed by atoms with E-state index in [0.717, 1.165) is 11.9 Å². The highest BCUT2D eigenvalue weighted by Crippen LogP contribution is 2.46. The Morgan fingerprint density at radius 1 is 1.42 bits per heavy atom. The van der Waals surface area contributed by atoms with Crippen LogP contribution < -0.4 is 10.0 Å². The first-order chi connectivity index (χ1) is 12.1. The van der Waals surface area contributed by atoms with Crippen molar-refractivity contribution in [2.75, 3.05) is 5.32 Å². The molecule has 2 aromatic rings. The van der Waals surface area contributed by atoms with Gasteiger partial charge in [-0.25, -0.2) is 18.2 Å². The molecular formula is C16H16ClF3N4OS. The molecule has 26 heavy (non-hydrogen) atoms. The summed E-state index contributed by atoms with van der Waals surface area (Å²) in [4.78, 5) is 16.3. The molecule has 0 radical (unpaired) electrons. The highest BCUT2D eigenvalue weighted by Gasteiger charge is 2.53. The van der Waals surface area contributed by atoms with Crippen LogP contribution in [0.25, 0.3) is 0 Å². The van der Waals surface area contributed by atoms with Gasteiger partial charge in [-0.15, -0.1) is 0 Å². The third-order valence-electron chi connectivity index (χ3n) is 3.99. The molecule has 1 aliphatic carbocycles. The predicted octanol–water partition coefficient (Wildman–Crippen LogP) is 4.25.